The molecule has 0 atom stereocenters. The van der Waals surface area contributed by atoms with Crippen LogP contribution in [-0.2, 0) is 4.74 Å². The summed E-state index contributed by atoms with van der Waals surface area (Å²) in [7, 11) is 0.627. The average molecular weight is 239 g/mol. The molecule has 83 valence electrons. The normalized spacial score (nSPS) is 13.7. The van der Waals surface area contributed by atoms with E-state index in [1.165, 1.54) is 0 Å². The van der Waals surface area contributed by atoms with E-state index in [4.69, 9.17) is 5.11 Å². The smallest absolute Gasteiger partial charge is 0.381 e. The van der Waals surface area contributed by atoms with Gasteiger partial charge in [0.05, 0.1) is 6.61 Å². The van der Waals surface area contributed by atoms with Gasteiger partial charge in [-0.3, -0.25) is 0 Å². The van der Waals surface area contributed by atoms with Crippen LogP contribution in [0, 0.1) is 0 Å². The van der Waals surface area contributed by atoms with E-state index >= 15 is 0 Å². The summed E-state index contributed by atoms with van der Waals surface area (Å²) < 4.78 is 74.1. The molecule has 0 aromatic carbocycles. The maximum Gasteiger partial charge on any atom is 0.428 e. The van der Waals surface area contributed by atoms with Crippen molar-refractivity contribution in [2.24, 2.45) is 0 Å². The van der Waals surface area contributed by atoms with Crippen LogP contribution in [0.3, 0.4) is 0 Å². The molecule has 3 radical (unpaired) electrons. The molecule has 0 amide bonds. The molecule has 0 aliphatic carbocycles. The number of ether oxygens (including phenoxy) is 1. The van der Waals surface area contributed by atoms with Crippen molar-refractivity contribution in [2.75, 3.05) is 13.7 Å². The first-order valence-corrected chi connectivity index (χ1v) is 2.91. The summed E-state index contributed by atoms with van der Waals surface area (Å²) in [6, 6.07) is 0. The molecule has 9 heteroatoms. The number of halogens is 6. The second-order valence-corrected chi connectivity index (χ2v) is 2.29. The molecule has 0 unspecified atom stereocenters. The number of hydrogen-bond acceptors (Lipinski definition) is 2. The lowest BCUT2D eigenvalue weighted by Gasteiger charge is -2.31. The van der Waals surface area contributed by atoms with Crippen molar-refractivity contribution in [3.8, 4) is 0 Å². The zero-order valence-electron chi connectivity index (χ0n) is 6.91. The van der Waals surface area contributed by atoms with Crippen molar-refractivity contribution in [1.29, 1.82) is 0 Å². The summed E-state index contributed by atoms with van der Waals surface area (Å²) in [5, 5.41) is 8.31. The Labute approximate surface area is 86.0 Å². The van der Waals surface area contributed by atoms with Gasteiger partial charge in [-0.25, -0.2) is 0 Å². The Hall–Kier alpha value is 0.0325. The lowest BCUT2D eigenvalue weighted by Crippen LogP contribution is -2.59. The van der Waals surface area contributed by atoms with Crippen LogP contribution in [0.1, 0.15) is 0 Å². The molecule has 0 saturated heterocycles. The van der Waals surface area contributed by atoms with Gasteiger partial charge in [-0.15, -0.1) is 0 Å². The molecule has 0 aromatic rings. The molecule has 0 aromatic heterocycles. The van der Waals surface area contributed by atoms with Crippen LogP contribution in [-0.4, -0.2) is 54.1 Å². The van der Waals surface area contributed by atoms with Crippen LogP contribution in [0.2, 0.25) is 0 Å². The van der Waals surface area contributed by atoms with Crippen molar-refractivity contribution in [3.05, 3.63) is 0 Å². The molecule has 0 spiro atoms. The molecule has 1 N–H and O–H groups in total. The minimum Gasteiger partial charge on any atom is -0.381 e. The van der Waals surface area contributed by atoms with Crippen molar-refractivity contribution < 1.29 is 36.2 Å². The van der Waals surface area contributed by atoms with Gasteiger partial charge < -0.3 is 9.84 Å². The van der Waals surface area contributed by atoms with Crippen LogP contribution in [0.15, 0.2) is 0 Å². The first kappa shape index (κ1) is 16.5. The van der Waals surface area contributed by atoms with E-state index in [0.29, 0.717) is 7.11 Å². The molecule has 2 nitrogen and oxygen atoms in total. The Morgan fingerprint density at radius 1 is 1.00 bits per heavy atom. The van der Waals surface area contributed by atoms with E-state index in [0.717, 1.165) is 0 Å². The summed E-state index contributed by atoms with van der Waals surface area (Å²) >= 11 is 0. The van der Waals surface area contributed by atoms with Gasteiger partial charge in [0.25, 0.3) is 5.60 Å². The van der Waals surface area contributed by atoms with Crippen LogP contribution in [0.25, 0.3) is 0 Å². The molecule has 0 aliphatic heterocycles. The van der Waals surface area contributed by atoms with E-state index in [1.807, 2.05) is 0 Å². The molecular formula is C5H6AlF6O2. The van der Waals surface area contributed by atoms with Gasteiger partial charge in [0, 0.05) is 24.5 Å². The van der Waals surface area contributed by atoms with Crippen molar-refractivity contribution >= 4 is 17.4 Å². The Balaban J connectivity index is 0. The maximum absolute atomic E-state index is 11.7. The number of methoxy groups -OCH3 is 1. The van der Waals surface area contributed by atoms with Gasteiger partial charge in [-0.05, 0) is 0 Å². The second kappa shape index (κ2) is 4.70. The highest BCUT2D eigenvalue weighted by Gasteiger charge is 2.70. The van der Waals surface area contributed by atoms with E-state index in [-0.39, 0.29) is 17.4 Å². The van der Waals surface area contributed by atoms with Crippen molar-refractivity contribution in [1.82, 2.24) is 0 Å². The third kappa shape index (κ3) is 3.02. The van der Waals surface area contributed by atoms with Crippen LogP contribution in [0.4, 0.5) is 26.3 Å². The number of alkyl halides is 6. The monoisotopic (exact) mass is 239 g/mol. The van der Waals surface area contributed by atoms with Crippen LogP contribution < -0.4 is 0 Å². The van der Waals surface area contributed by atoms with Gasteiger partial charge in [0.15, 0.2) is 0 Å². The second-order valence-electron chi connectivity index (χ2n) is 2.29. The van der Waals surface area contributed by atoms with E-state index in [9.17, 15) is 26.3 Å². The zero-order valence-corrected chi connectivity index (χ0v) is 8.06. The summed E-state index contributed by atoms with van der Waals surface area (Å²) in [6.45, 7) is -1.88. The molecule has 0 bridgehead atoms. The van der Waals surface area contributed by atoms with E-state index in [2.05, 4.69) is 4.74 Å². The van der Waals surface area contributed by atoms with E-state index < -0.39 is 24.6 Å². The molecule has 0 fully saturated rings. The Kier molecular flexibility index (Phi) is 5.53. The Morgan fingerprint density at radius 2 is 1.29 bits per heavy atom. The molecule has 0 heterocycles. The SMILES string of the molecule is COCC(O)(C(F)(F)F)C(F)(F)F.[Al]. The van der Waals surface area contributed by atoms with Gasteiger partial charge in [-0.2, -0.15) is 26.3 Å². The van der Waals surface area contributed by atoms with Gasteiger partial charge >= 0.3 is 12.4 Å². The Bertz CT molecular complexity index is 162. The third-order valence-electron chi connectivity index (χ3n) is 1.29. The molecular weight excluding hydrogens is 233 g/mol. The predicted molar refractivity (Wildman–Crippen MR) is 34.7 cm³/mol. The molecule has 14 heavy (non-hydrogen) atoms. The maximum atomic E-state index is 11.7. The topological polar surface area (TPSA) is 29.5 Å². The highest BCUT2D eigenvalue weighted by atomic mass is 27.0. The molecule has 0 aliphatic rings. The van der Waals surface area contributed by atoms with Gasteiger partial charge in [0.1, 0.15) is 0 Å². The first-order chi connectivity index (χ1) is 5.56. The largest absolute Gasteiger partial charge is 0.428 e. The highest BCUT2D eigenvalue weighted by Crippen LogP contribution is 2.42. The zero-order chi connectivity index (χ0) is 10.9. The Morgan fingerprint density at radius 3 is 1.36 bits per heavy atom. The van der Waals surface area contributed by atoms with Crippen LogP contribution in [0.5, 0.6) is 0 Å². The van der Waals surface area contributed by atoms with Gasteiger partial charge in [-0.1, -0.05) is 0 Å². The quantitative estimate of drug-likeness (QED) is 0.577. The third-order valence-corrected chi connectivity index (χ3v) is 1.29. The van der Waals surface area contributed by atoms with Crippen LogP contribution >= 0.6 is 0 Å². The fourth-order valence-corrected chi connectivity index (χ4v) is 0.533. The minimum absolute atomic E-state index is 0. The standard InChI is InChI=1S/C5H6F6O2.Al/c1-13-2-3(12,4(6,7)8)5(9,10)11;/h12H,2H2,1H3;. The number of rotatable bonds is 2. The summed E-state index contributed by atoms with van der Waals surface area (Å²) in [5.41, 5.74) is -4.80. The molecule has 0 saturated carbocycles. The minimum atomic E-state index is -5.80. The highest BCUT2D eigenvalue weighted by molar-refractivity contribution is 5.75. The summed E-state index contributed by atoms with van der Waals surface area (Å²) in [5.74, 6) is 0. The average Bonchev–Trinajstić information content (AvgIpc) is 1.82. The van der Waals surface area contributed by atoms with Crippen molar-refractivity contribution in [3.63, 3.8) is 0 Å². The lowest BCUT2D eigenvalue weighted by atomic mass is 10.1. The van der Waals surface area contributed by atoms with Crippen molar-refractivity contribution in [2.45, 2.75) is 18.0 Å². The number of aliphatic hydroxyl groups is 1. The number of hydrogen-bond donors (Lipinski definition) is 1. The molecule has 0 rings (SSSR count). The predicted octanol–water partition coefficient (Wildman–Crippen LogP) is 1.11. The summed E-state index contributed by atoms with van der Waals surface area (Å²) in [6.07, 6.45) is -11.6. The van der Waals surface area contributed by atoms with Gasteiger partial charge in [0.2, 0.25) is 0 Å². The van der Waals surface area contributed by atoms with E-state index in [1.54, 1.807) is 0 Å². The first-order valence-electron chi connectivity index (χ1n) is 2.91. The summed E-state index contributed by atoms with van der Waals surface area (Å²) in [4.78, 5) is 0. The fraction of sp³-hybridized carbons (Fsp3) is 1.00. The fourth-order valence-electron chi connectivity index (χ4n) is 0.533. The lowest BCUT2D eigenvalue weighted by molar-refractivity contribution is -0.376.